The molecular formula is C4H11GeNO6. The molecule has 0 saturated heterocycles. The van der Waals surface area contributed by atoms with Crippen molar-refractivity contribution >= 4 is 29.5 Å². The Morgan fingerprint density at radius 2 is 1.17 bits per heavy atom. The van der Waals surface area contributed by atoms with Crippen LogP contribution in [0.2, 0.25) is 0 Å². The van der Waals surface area contributed by atoms with Crippen molar-refractivity contribution in [2.45, 2.75) is 12.2 Å². The smallest absolute Gasteiger partial charge is 0.369 e. The van der Waals surface area contributed by atoms with Crippen LogP contribution in [0.25, 0.3) is 0 Å². The molecule has 7 nitrogen and oxygen atoms in total. The van der Waals surface area contributed by atoms with Crippen molar-refractivity contribution < 1.29 is 30.0 Å². The number of rotatable bonds is 3. The van der Waals surface area contributed by atoms with Gasteiger partial charge in [0.25, 0.3) is 0 Å². The molecule has 0 aliphatic heterocycles. The van der Waals surface area contributed by atoms with Gasteiger partial charge in [-0.25, -0.2) is 0 Å². The molecule has 6 N–H and O–H groups in total. The Hall–Kier alpha value is -0.637. The Labute approximate surface area is 78.6 Å². The minimum atomic E-state index is -2.44. The number of carboxylic acid groups (broad SMARTS) is 2. The molecule has 8 heteroatoms. The normalized spacial score (nSPS) is 13.2. The Morgan fingerprint density at radius 3 is 1.25 bits per heavy atom. The van der Waals surface area contributed by atoms with E-state index >= 15 is 0 Å². The predicted molar refractivity (Wildman–Crippen MR) is 38.0 cm³/mol. The van der Waals surface area contributed by atoms with E-state index in [4.69, 9.17) is 10.2 Å². The van der Waals surface area contributed by atoms with Crippen LogP contribution >= 0.6 is 0 Å². The summed E-state index contributed by atoms with van der Waals surface area (Å²) in [5, 5.41) is 35.7. The fraction of sp³-hybridized carbons (Fsp3) is 0.500. The van der Waals surface area contributed by atoms with E-state index in [2.05, 4.69) is 0 Å². The maximum absolute atomic E-state index is 9.63. The van der Waals surface area contributed by atoms with Gasteiger partial charge in [0, 0.05) is 0 Å². The number of hydrogen-bond acceptors (Lipinski definition) is 6. The summed E-state index contributed by atoms with van der Waals surface area (Å²) >= 11 is 0. The molecule has 0 heterocycles. The third-order valence-electron chi connectivity index (χ3n) is 0.782. The standard InChI is InChI=1S/C4H6O6.GeH3.H3N/c5-1(3(7)8)2(6)4(9)10;;/h1-2,5-6H,(H,7,8)(H,9,10);2*1H3/q;+1;/p-1. The predicted octanol–water partition coefficient (Wildman–Crippen LogP) is -5.60. The van der Waals surface area contributed by atoms with Crippen molar-refractivity contribution in [2.24, 2.45) is 0 Å². The quantitative estimate of drug-likeness (QED) is 0.418. The van der Waals surface area contributed by atoms with E-state index in [1.807, 2.05) is 0 Å². The molecule has 0 aromatic heterocycles. The molecule has 0 spiro atoms. The topological polar surface area (TPSA) is 157 Å². The van der Waals surface area contributed by atoms with E-state index in [9.17, 15) is 19.8 Å². The monoisotopic (exact) mass is 243 g/mol. The number of carboxylic acids is 2. The molecule has 0 amide bonds. The van der Waals surface area contributed by atoms with Crippen LogP contribution in [0.1, 0.15) is 0 Å². The molecule has 0 saturated carbocycles. The fourth-order valence-electron chi connectivity index (χ4n) is 0.258. The molecule has 2 atom stereocenters. The molecule has 0 radical (unpaired) electrons. The van der Waals surface area contributed by atoms with E-state index in [0.29, 0.717) is 0 Å². The first-order valence-corrected chi connectivity index (χ1v) is 2.24. The average Bonchev–Trinajstić information content (AvgIpc) is 1.84. The molecule has 72 valence electrons. The van der Waals surface area contributed by atoms with Gasteiger partial charge >= 0.3 is 17.6 Å². The van der Waals surface area contributed by atoms with Gasteiger partial charge in [0.15, 0.2) is 0 Å². The van der Waals surface area contributed by atoms with Crippen LogP contribution in [0.15, 0.2) is 0 Å². The second kappa shape index (κ2) is 7.04. The zero-order valence-corrected chi connectivity index (χ0v) is 10.9. The van der Waals surface area contributed by atoms with E-state index in [1.54, 1.807) is 0 Å². The summed E-state index contributed by atoms with van der Waals surface area (Å²) in [5.41, 5.74) is 0. The third-order valence-corrected chi connectivity index (χ3v) is 0.782. The van der Waals surface area contributed by atoms with E-state index in [0.717, 1.165) is 0 Å². The number of aliphatic hydroxyl groups is 2. The van der Waals surface area contributed by atoms with Gasteiger partial charge < -0.3 is 36.2 Å². The summed E-state index contributed by atoms with van der Waals surface area (Å²) in [4.78, 5) is 19.3. The summed E-state index contributed by atoms with van der Waals surface area (Å²) in [6.45, 7) is 0. The van der Waals surface area contributed by atoms with Crippen molar-refractivity contribution in [1.82, 2.24) is 6.15 Å². The van der Waals surface area contributed by atoms with E-state index < -0.39 is 24.1 Å². The molecule has 0 fully saturated rings. The first-order valence-electron chi connectivity index (χ1n) is 2.24. The van der Waals surface area contributed by atoms with Crippen LogP contribution in [0.3, 0.4) is 0 Å². The Bertz CT molecular complexity index is 144. The van der Waals surface area contributed by atoms with E-state index in [1.165, 1.54) is 0 Å². The van der Waals surface area contributed by atoms with Crippen LogP contribution in [0.5, 0.6) is 0 Å². The van der Waals surface area contributed by atoms with Gasteiger partial charge in [0.05, 0.1) is 11.9 Å². The van der Waals surface area contributed by atoms with Crippen LogP contribution in [0, 0.1) is 0 Å². The van der Waals surface area contributed by atoms with Crippen molar-refractivity contribution in [3.8, 4) is 0 Å². The van der Waals surface area contributed by atoms with Crippen molar-refractivity contribution in [2.75, 3.05) is 0 Å². The van der Waals surface area contributed by atoms with Gasteiger partial charge in [0.1, 0.15) is 12.2 Å². The second-order valence-electron chi connectivity index (χ2n) is 1.53. The zero-order chi connectivity index (χ0) is 8.31. The molecular weight excluding hydrogens is 231 g/mol. The molecule has 2 unspecified atom stereocenters. The number of carbonyl (C=O) groups excluding carboxylic acids is 2. The maximum Gasteiger partial charge on any atom is -0.369 e. The number of carbonyl (C=O) groups is 2. The Morgan fingerprint density at radius 1 is 1.00 bits per heavy atom. The zero-order valence-electron chi connectivity index (χ0n) is 6.68. The van der Waals surface area contributed by atoms with Crippen molar-refractivity contribution in [1.29, 1.82) is 0 Å². The molecule has 0 aromatic rings. The number of hydrogen-bond donors (Lipinski definition) is 3. The summed E-state index contributed by atoms with van der Waals surface area (Å²) in [6, 6.07) is 0. The molecule has 0 aromatic carbocycles. The largest absolute Gasteiger partial charge is 0.369 e. The third kappa shape index (κ3) is 5.07. The SMILES string of the molecule is O=C([O-])C(O)C(O)C(=O)[O-].[GeH3+].[NH4+]. The molecule has 0 rings (SSSR count). The van der Waals surface area contributed by atoms with Crippen LogP contribution in [-0.2, 0) is 9.59 Å². The van der Waals surface area contributed by atoms with Crippen molar-refractivity contribution in [3.63, 3.8) is 0 Å². The van der Waals surface area contributed by atoms with Gasteiger partial charge in [-0.2, -0.15) is 0 Å². The molecule has 12 heavy (non-hydrogen) atoms. The number of aliphatic carboxylic acids is 2. The molecule has 0 aliphatic rings. The molecule has 0 bridgehead atoms. The van der Waals surface area contributed by atoms with Gasteiger partial charge in [-0.3, -0.25) is 0 Å². The van der Waals surface area contributed by atoms with Crippen LogP contribution in [0.4, 0.5) is 0 Å². The molecule has 0 aliphatic carbocycles. The first kappa shape index (κ1) is 17.4. The average molecular weight is 242 g/mol. The summed E-state index contributed by atoms with van der Waals surface area (Å²) in [6.07, 6.45) is -4.88. The summed E-state index contributed by atoms with van der Waals surface area (Å²) in [5.74, 6) is -4.12. The Balaban J connectivity index is -0.000000405. The number of aliphatic hydroxyl groups excluding tert-OH is 2. The number of quaternary nitrogens is 1. The van der Waals surface area contributed by atoms with Crippen molar-refractivity contribution in [3.05, 3.63) is 0 Å². The van der Waals surface area contributed by atoms with Crippen LogP contribution < -0.4 is 16.4 Å². The minimum Gasteiger partial charge on any atom is -0.369 e. The summed E-state index contributed by atoms with van der Waals surface area (Å²) in [7, 11) is 0. The van der Waals surface area contributed by atoms with Gasteiger partial charge in [0.2, 0.25) is 0 Å². The van der Waals surface area contributed by atoms with Gasteiger partial charge in [-0.05, 0) is 0 Å². The maximum atomic E-state index is 9.63. The van der Waals surface area contributed by atoms with Gasteiger partial charge in [-0.1, -0.05) is 0 Å². The minimum absolute atomic E-state index is 0. The fourth-order valence-corrected chi connectivity index (χ4v) is 0.258. The van der Waals surface area contributed by atoms with Gasteiger partial charge in [-0.15, -0.1) is 0 Å². The van der Waals surface area contributed by atoms with E-state index in [-0.39, 0.29) is 23.7 Å². The Kier molecular flexibility index (Phi) is 10.2. The first-order chi connectivity index (χ1) is 4.46. The summed E-state index contributed by atoms with van der Waals surface area (Å²) < 4.78 is 0. The van der Waals surface area contributed by atoms with Crippen LogP contribution in [-0.4, -0.2) is 52.0 Å². The second-order valence-corrected chi connectivity index (χ2v) is 1.53.